The van der Waals surface area contributed by atoms with Gasteiger partial charge in [0.15, 0.2) is 9.84 Å². The van der Waals surface area contributed by atoms with Crippen molar-refractivity contribution < 1.29 is 27.0 Å². The summed E-state index contributed by atoms with van der Waals surface area (Å²) < 4.78 is 42.1. The standard InChI is InChI=1S/C22H20FN5O4S.C2H6.HN3O/c1-12-6-13(2-5-16(12)23)9-25-21(29)17-8-18(27-11-26-17)22(30)28-19-10-33(31,32)20-7-14(24)3-4-15(19)20;1-2;1-2-4-3-1/h2-8,11,19H,9-10,24H2,1H3,(H,25,29)(H,28,30);1-2H3;(H,2,3). The number of rotatable bonds is 5. The zero-order chi connectivity index (χ0) is 28.6. The van der Waals surface area contributed by atoms with Crippen LogP contribution in [0.25, 0.3) is 0 Å². The van der Waals surface area contributed by atoms with Gasteiger partial charge in [0.2, 0.25) is 0 Å². The Morgan fingerprint density at radius 3 is 2.36 bits per heavy atom. The molecular formula is C24H27FN8O5S. The maximum absolute atomic E-state index is 13.4. The molecule has 5 N–H and O–H groups in total. The van der Waals surface area contributed by atoms with E-state index in [-0.39, 0.29) is 34.4 Å². The van der Waals surface area contributed by atoms with E-state index in [0.717, 1.165) is 6.33 Å². The third-order valence-corrected chi connectivity index (χ3v) is 7.21. The van der Waals surface area contributed by atoms with E-state index in [1.54, 1.807) is 31.2 Å². The van der Waals surface area contributed by atoms with Crippen molar-refractivity contribution >= 4 is 27.3 Å². The lowest BCUT2D eigenvalue weighted by Gasteiger charge is -2.13. The Morgan fingerprint density at radius 1 is 1.10 bits per heavy atom. The normalized spacial score (nSPS) is 14.6. The van der Waals surface area contributed by atoms with Crippen LogP contribution in [0, 0.1) is 12.7 Å². The largest absolute Gasteiger partial charge is 0.399 e. The highest BCUT2D eigenvalue weighted by atomic mass is 32.2. The van der Waals surface area contributed by atoms with Crippen LogP contribution < -0.4 is 16.4 Å². The third-order valence-electron chi connectivity index (χ3n) is 5.41. The second-order valence-corrected chi connectivity index (χ2v) is 10.0. The van der Waals surface area contributed by atoms with Crippen LogP contribution in [0.5, 0.6) is 0 Å². The number of aromatic amines is 1. The number of carbonyl (C=O) groups is 2. The number of fused-ring (bicyclic) bond motifs is 1. The topological polar surface area (TPSA) is 199 Å². The Hall–Kier alpha value is -4.66. The number of anilines is 1. The van der Waals surface area contributed by atoms with Crippen molar-refractivity contribution in [1.82, 2.24) is 36.4 Å². The first-order valence-electron chi connectivity index (χ1n) is 11.7. The molecule has 5 rings (SSSR count). The molecule has 15 heteroatoms. The fourth-order valence-electron chi connectivity index (χ4n) is 3.59. The number of nitrogen functional groups attached to an aromatic ring is 1. The molecule has 4 aromatic rings. The lowest BCUT2D eigenvalue weighted by molar-refractivity contribution is 0.0935. The molecule has 0 aliphatic carbocycles. The van der Waals surface area contributed by atoms with Crippen molar-refractivity contribution in [1.29, 1.82) is 0 Å². The summed E-state index contributed by atoms with van der Waals surface area (Å²) in [6.45, 7) is 5.77. The number of nitrogens with one attached hydrogen (secondary N) is 3. The average molecular weight is 559 g/mol. The smallest absolute Gasteiger partial charge is 0.270 e. The predicted molar refractivity (Wildman–Crippen MR) is 137 cm³/mol. The number of benzene rings is 2. The highest BCUT2D eigenvalue weighted by Gasteiger charge is 2.36. The second-order valence-electron chi connectivity index (χ2n) is 8.02. The second kappa shape index (κ2) is 12.7. The number of sulfone groups is 1. The van der Waals surface area contributed by atoms with Gasteiger partial charge in [-0.3, -0.25) is 9.59 Å². The summed E-state index contributed by atoms with van der Waals surface area (Å²) >= 11 is 0. The van der Waals surface area contributed by atoms with Crippen LogP contribution in [0.1, 0.15) is 57.6 Å². The molecule has 1 aliphatic rings. The Balaban J connectivity index is 0.000000629. The van der Waals surface area contributed by atoms with E-state index in [9.17, 15) is 22.4 Å². The van der Waals surface area contributed by atoms with Gasteiger partial charge >= 0.3 is 0 Å². The molecule has 0 radical (unpaired) electrons. The molecule has 0 saturated carbocycles. The van der Waals surface area contributed by atoms with Crippen molar-refractivity contribution in [3.05, 3.63) is 82.7 Å². The molecule has 206 valence electrons. The summed E-state index contributed by atoms with van der Waals surface area (Å²) in [5.74, 6) is -1.83. The molecule has 1 unspecified atom stereocenters. The molecule has 0 spiro atoms. The van der Waals surface area contributed by atoms with Gasteiger partial charge in [0, 0.05) is 23.5 Å². The summed E-state index contributed by atoms with van der Waals surface area (Å²) in [6, 6.07) is 9.44. The fraction of sp³-hybridized carbons (Fsp3) is 0.250. The van der Waals surface area contributed by atoms with Gasteiger partial charge < -0.3 is 16.4 Å². The SMILES string of the molecule is CC.Cc1cc(CNC(=O)c2cc(C(=O)NC3CS(=O)(=O)c4cc(N)ccc43)ncn2)ccc1F.n1no[nH]1. The number of hydrogen-bond acceptors (Lipinski definition) is 10. The molecule has 2 aromatic carbocycles. The van der Waals surface area contributed by atoms with Gasteiger partial charge in [-0.05, 0) is 41.8 Å². The highest BCUT2D eigenvalue weighted by molar-refractivity contribution is 7.91. The van der Waals surface area contributed by atoms with Gasteiger partial charge in [0.25, 0.3) is 11.8 Å². The summed E-state index contributed by atoms with van der Waals surface area (Å²) in [6.07, 6.45) is 1.08. The number of hydrogen-bond donors (Lipinski definition) is 4. The predicted octanol–water partition coefficient (Wildman–Crippen LogP) is 2.12. The van der Waals surface area contributed by atoms with Crippen molar-refractivity contribution in [2.45, 2.75) is 38.3 Å². The first-order valence-corrected chi connectivity index (χ1v) is 13.4. The number of nitrogens with two attached hydrogens (primary N) is 1. The minimum absolute atomic E-state index is 0.0406. The van der Waals surface area contributed by atoms with E-state index < -0.39 is 27.7 Å². The average Bonchev–Trinajstić information content (AvgIpc) is 3.13. The van der Waals surface area contributed by atoms with Crippen molar-refractivity contribution in [3.63, 3.8) is 0 Å². The molecule has 1 aliphatic heterocycles. The van der Waals surface area contributed by atoms with Crippen molar-refractivity contribution in [2.24, 2.45) is 0 Å². The molecule has 1 atom stereocenters. The summed E-state index contributed by atoms with van der Waals surface area (Å²) in [4.78, 5) is 33.1. The Bertz CT molecular complexity index is 1530. The number of aromatic nitrogens is 5. The summed E-state index contributed by atoms with van der Waals surface area (Å²) in [7, 11) is -3.58. The van der Waals surface area contributed by atoms with Crippen LogP contribution in [0.4, 0.5) is 10.1 Å². The van der Waals surface area contributed by atoms with Gasteiger partial charge in [-0.1, -0.05) is 37.3 Å². The molecule has 13 nitrogen and oxygen atoms in total. The van der Waals surface area contributed by atoms with Crippen LogP contribution in [-0.2, 0) is 16.4 Å². The molecule has 2 aromatic heterocycles. The quantitative estimate of drug-likeness (QED) is 0.263. The first-order chi connectivity index (χ1) is 18.6. The van der Waals surface area contributed by atoms with Gasteiger partial charge in [0.1, 0.15) is 23.5 Å². The number of aryl methyl sites for hydroxylation is 1. The van der Waals surface area contributed by atoms with Crippen LogP contribution in [0.2, 0.25) is 0 Å². The minimum atomic E-state index is -3.58. The molecule has 3 heterocycles. The van der Waals surface area contributed by atoms with E-state index in [4.69, 9.17) is 5.73 Å². The number of H-pyrrole nitrogens is 1. The van der Waals surface area contributed by atoms with Gasteiger partial charge in [-0.15, -0.1) is 0 Å². The molecule has 0 saturated heterocycles. The number of carbonyl (C=O) groups excluding carboxylic acids is 2. The van der Waals surface area contributed by atoms with Crippen LogP contribution in [0.15, 0.2) is 58.3 Å². The van der Waals surface area contributed by atoms with Gasteiger partial charge in [-0.2, -0.15) is 0 Å². The summed E-state index contributed by atoms with van der Waals surface area (Å²) in [5, 5.41) is 13.4. The molecule has 2 amide bonds. The lowest BCUT2D eigenvalue weighted by Crippen LogP contribution is -2.31. The van der Waals surface area contributed by atoms with E-state index in [2.05, 4.69) is 41.0 Å². The Morgan fingerprint density at radius 2 is 1.74 bits per heavy atom. The van der Waals surface area contributed by atoms with Crippen molar-refractivity contribution in [2.75, 3.05) is 11.5 Å². The first kappa shape index (κ1) is 28.9. The van der Waals surface area contributed by atoms with Crippen LogP contribution in [0.3, 0.4) is 0 Å². The van der Waals surface area contributed by atoms with Gasteiger partial charge in [0.05, 0.1) is 22.0 Å². The number of amides is 2. The van der Waals surface area contributed by atoms with Gasteiger partial charge in [-0.25, -0.2) is 27.4 Å². The third kappa shape index (κ3) is 7.22. The Kier molecular flexibility index (Phi) is 9.43. The van der Waals surface area contributed by atoms with E-state index >= 15 is 0 Å². The number of halogens is 1. The zero-order valence-electron chi connectivity index (χ0n) is 21.3. The fourth-order valence-corrected chi connectivity index (χ4v) is 5.36. The monoisotopic (exact) mass is 558 g/mol. The van der Waals surface area contributed by atoms with E-state index in [1.807, 2.05) is 13.8 Å². The van der Waals surface area contributed by atoms with Crippen LogP contribution in [-0.4, -0.2) is 51.7 Å². The molecule has 0 bridgehead atoms. The molecule has 39 heavy (non-hydrogen) atoms. The zero-order valence-corrected chi connectivity index (χ0v) is 22.1. The van der Waals surface area contributed by atoms with E-state index in [0.29, 0.717) is 22.4 Å². The lowest BCUT2D eigenvalue weighted by atomic mass is 10.1. The number of nitrogens with zero attached hydrogens (tertiary/aromatic N) is 4. The Labute approximate surface area is 223 Å². The summed E-state index contributed by atoms with van der Waals surface area (Å²) in [5.41, 5.74) is 7.48. The molecular weight excluding hydrogens is 531 g/mol. The van der Waals surface area contributed by atoms with E-state index in [1.165, 1.54) is 18.2 Å². The molecule has 0 fully saturated rings. The van der Waals surface area contributed by atoms with Crippen molar-refractivity contribution in [3.8, 4) is 0 Å². The van der Waals surface area contributed by atoms with Crippen LogP contribution >= 0.6 is 0 Å². The maximum atomic E-state index is 13.4. The minimum Gasteiger partial charge on any atom is -0.399 e. The maximum Gasteiger partial charge on any atom is 0.270 e. The highest BCUT2D eigenvalue weighted by Crippen LogP contribution is 2.34.